The number of aryl methyl sites for hydroxylation is 1. The Morgan fingerprint density at radius 2 is 2.05 bits per heavy atom. The van der Waals surface area contributed by atoms with E-state index in [9.17, 15) is 0 Å². The fraction of sp³-hybridized carbons (Fsp3) is 0.357. The molecule has 0 fully saturated rings. The molecule has 5 nitrogen and oxygen atoms in total. The summed E-state index contributed by atoms with van der Waals surface area (Å²) in [6, 6.07) is 7.89. The predicted octanol–water partition coefficient (Wildman–Crippen LogP) is 1.34. The highest BCUT2D eigenvalue weighted by molar-refractivity contribution is 5.36. The van der Waals surface area contributed by atoms with Crippen LogP contribution in [0.2, 0.25) is 0 Å². The first-order valence-electron chi connectivity index (χ1n) is 6.46. The van der Waals surface area contributed by atoms with Crippen molar-refractivity contribution < 1.29 is 0 Å². The Morgan fingerprint density at radius 3 is 2.79 bits per heavy atom. The smallest absolute Gasteiger partial charge is 0.129 e. The van der Waals surface area contributed by atoms with Crippen LogP contribution in [-0.4, -0.2) is 28.0 Å². The van der Waals surface area contributed by atoms with Crippen molar-refractivity contribution in [3.8, 4) is 0 Å². The molecule has 0 bridgehead atoms. The summed E-state index contributed by atoms with van der Waals surface area (Å²) in [4.78, 5) is 13.0. The maximum absolute atomic E-state index is 5.55. The van der Waals surface area contributed by atoms with Crippen molar-refractivity contribution in [2.24, 2.45) is 5.73 Å². The summed E-state index contributed by atoms with van der Waals surface area (Å²) in [6.07, 6.45) is 3.46. The lowest BCUT2D eigenvalue weighted by Crippen LogP contribution is -2.11. The Labute approximate surface area is 113 Å². The van der Waals surface area contributed by atoms with Crippen LogP contribution in [0.15, 0.2) is 30.5 Å². The second-order valence-corrected chi connectivity index (χ2v) is 4.33. The van der Waals surface area contributed by atoms with Gasteiger partial charge >= 0.3 is 0 Å². The second kappa shape index (κ2) is 6.80. The van der Waals surface area contributed by atoms with Gasteiger partial charge in [0.15, 0.2) is 0 Å². The maximum atomic E-state index is 5.55. The topological polar surface area (TPSA) is 76.7 Å². The largest absolute Gasteiger partial charge is 0.370 e. The zero-order valence-corrected chi connectivity index (χ0v) is 11.1. The van der Waals surface area contributed by atoms with E-state index in [1.807, 2.05) is 37.4 Å². The van der Waals surface area contributed by atoms with Gasteiger partial charge in [0.1, 0.15) is 11.6 Å². The second-order valence-electron chi connectivity index (χ2n) is 4.33. The van der Waals surface area contributed by atoms with Crippen molar-refractivity contribution in [2.75, 3.05) is 18.4 Å². The molecular formula is C14H19N5. The molecule has 0 spiro atoms. The molecule has 19 heavy (non-hydrogen) atoms. The van der Waals surface area contributed by atoms with Gasteiger partial charge in [-0.2, -0.15) is 0 Å². The molecule has 0 aliphatic carbocycles. The molecule has 0 saturated carbocycles. The first-order chi connectivity index (χ1) is 9.28. The standard InChI is InChI=1S/C14H19N5/c1-11-18-13(5-7-15)10-14(19-11)17-9-6-12-4-2-3-8-16-12/h2-4,8,10H,5-7,9,15H2,1H3,(H,17,18,19). The van der Waals surface area contributed by atoms with E-state index in [0.717, 1.165) is 42.4 Å². The summed E-state index contributed by atoms with van der Waals surface area (Å²) in [5.41, 5.74) is 7.60. The Bertz CT molecular complexity index is 512. The van der Waals surface area contributed by atoms with E-state index < -0.39 is 0 Å². The van der Waals surface area contributed by atoms with Crippen LogP contribution >= 0.6 is 0 Å². The van der Waals surface area contributed by atoms with Gasteiger partial charge < -0.3 is 11.1 Å². The number of rotatable bonds is 6. The third kappa shape index (κ3) is 4.30. The third-order valence-electron chi connectivity index (χ3n) is 2.70. The van der Waals surface area contributed by atoms with Crippen molar-refractivity contribution in [3.05, 3.63) is 47.7 Å². The van der Waals surface area contributed by atoms with Crippen LogP contribution in [0.25, 0.3) is 0 Å². The molecule has 0 aliphatic rings. The number of nitrogens with zero attached hydrogens (tertiary/aromatic N) is 3. The van der Waals surface area contributed by atoms with Crippen LogP contribution in [0.1, 0.15) is 17.2 Å². The molecule has 0 aliphatic heterocycles. The molecule has 5 heteroatoms. The summed E-state index contributed by atoms with van der Waals surface area (Å²) < 4.78 is 0. The van der Waals surface area contributed by atoms with E-state index in [4.69, 9.17) is 5.73 Å². The van der Waals surface area contributed by atoms with E-state index in [2.05, 4.69) is 20.3 Å². The minimum absolute atomic E-state index is 0.601. The average molecular weight is 257 g/mol. The SMILES string of the molecule is Cc1nc(CCN)cc(NCCc2ccccn2)n1. The summed E-state index contributed by atoms with van der Waals surface area (Å²) in [7, 11) is 0. The van der Waals surface area contributed by atoms with E-state index in [0.29, 0.717) is 6.54 Å². The van der Waals surface area contributed by atoms with Crippen molar-refractivity contribution in [1.29, 1.82) is 0 Å². The number of nitrogens with one attached hydrogen (secondary N) is 1. The van der Waals surface area contributed by atoms with Crippen LogP contribution in [0, 0.1) is 6.92 Å². The molecule has 2 rings (SSSR count). The molecule has 3 N–H and O–H groups in total. The number of nitrogens with two attached hydrogens (primary N) is 1. The van der Waals surface area contributed by atoms with Gasteiger partial charge in [-0.15, -0.1) is 0 Å². The van der Waals surface area contributed by atoms with Crippen molar-refractivity contribution in [1.82, 2.24) is 15.0 Å². The molecule has 0 atom stereocenters. The Hall–Kier alpha value is -2.01. The van der Waals surface area contributed by atoms with Crippen molar-refractivity contribution in [3.63, 3.8) is 0 Å². The van der Waals surface area contributed by atoms with Gasteiger partial charge in [0, 0.05) is 43.0 Å². The molecule has 2 aromatic heterocycles. The lowest BCUT2D eigenvalue weighted by Gasteiger charge is -2.08. The van der Waals surface area contributed by atoms with E-state index in [1.165, 1.54) is 0 Å². The van der Waals surface area contributed by atoms with E-state index in [-0.39, 0.29) is 0 Å². The maximum Gasteiger partial charge on any atom is 0.129 e. The van der Waals surface area contributed by atoms with Gasteiger partial charge in [0.05, 0.1) is 0 Å². The molecule has 2 aromatic rings. The third-order valence-corrected chi connectivity index (χ3v) is 2.70. The van der Waals surface area contributed by atoms with Crippen molar-refractivity contribution >= 4 is 5.82 Å². The molecule has 0 aromatic carbocycles. The number of hydrogen-bond donors (Lipinski definition) is 2. The van der Waals surface area contributed by atoms with Gasteiger partial charge in [0.2, 0.25) is 0 Å². The van der Waals surface area contributed by atoms with Gasteiger partial charge in [-0.1, -0.05) is 6.07 Å². The predicted molar refractivity (Wildman–Crippen MR) is 76.0 cm³/mol. The first-order valence-corrected chi connectivity index (χ1v) is 6.46. The highest BCUT2D eigenvalue weighted by Crippen LogP contribution is 2.07. The Balaban J connectivity index is 1.92. The van der Waals surface area contributed by atoms with E-state index in [1.54, 1.807) is 0 Å². The van der Waals surface area contributed by atoms with Gasteiger partial charge in [-0.05, 0) is 25.6 Å². The lowest BCUT2D eigenvalue weighted by molar-refractivity contribution is 0.881. The quantitative estimate of drug-likeness (QED) is 0.816. The molecule has 0 radical (unpaired) electrons. The number of anilines is 1. The van der Waals surface area contributed by atoms with Crippen LogP contribution in [0.4, 0.5) is 5.82 Å². The summed E-state index contributed by atoms with van der Waals surface area (Å²) in [5.74, 6) is 1.62. The van der Waals surface area contributed by atoms with Gasteiger partial charge in [-0.25, -0.2) is 9.97 Å². The fourth-order valence-corrected chi connectivity index (χ4v) is 1.86. The minimum atomic E-state index is 0.601. The first kappa shape index (κ1) is 13.4. The Kier molecular flexibility index (Phi) is 4.80. The van der Waals surface area contributed by atoms with Gasteiger partial charge in [-0.3, -0.25) is 4.98 Å². The fourth-order valence-electron chi connectivity index (χ4n) is 1.86. The monoisotopic (exact) mass is 257 g/mol. The normalized spacial score (nSPS) is 10.4. The zero-order chi connectivity index (χ0) is 13.5. The highest BCUT2D eigenvalue weighted by atomic mass is 15.0. The van der Waals surface area contributed by atoms with Crippen molar-refractivity contribution in [2.45, 2.75) is 19.8 Å². The van der Waals surface area contributed by atoms with Crippen LogP contribution in [-0.2, 0) is 12.8 Å². The molecule has 2 heterocycles. The molecular weight excluding hydrogens is 238 g/mol. The number of aromatic nitrogens is 3. The zero-order valence-electron chi connectivity index (χ0n) is 11.1. The van der Waals surface area contributed by atoms with Crippen LogP contribution < -0.4 is 11.1 Å². The minimum Gasteiger partial charge on any atom is -0.370 e. The lowest BCUT2D eigenvalue weighted by atomic mass is 10.2. The molecule has 0 unspecified atom stereocenters. The highest BCUT2D eigenvalue weighted by Gasteiger charge is 2.01. The average Bonchev–Trinajstić information content (AvgIpc) is 2.40. The molecule has 100 valence electrons. The van der Waals surface area contributed by atoms with Crippen LogP contribution in [0.5, 0.6) is 0 Å². The summed E-state index contributed by atoms with van der Waals surface area (Å²) >= 11 is 0. The summed E-state index contributed by atoms with van der Waals surface area (Å²) in [6.45, 7) is 3.29. The molecule has 0 saturated heterocycles. The Morgan fingerprint density at radius 1 is 1.16 bits per heavy atom. The number of hydrogen-bond acceptors (Lipinski definition) is 5. The molecule has 0 amide bonds. The summed E-state index contributed by atoms with van der Waals surface area (Å²) in [5, 5.41) is 3.30. The van der Waals surface area contributed by atoms with E-state index >= 15 is 0 Å². The van der Waals surface area contributed by atoms with Crippen LogP contribution in [0.3, 0.4) is 0 Å². The number of pyridine rings is 1. The van der Waals surface area contributed by atoms with Gasteiger partial charge in [0.25, 0.3) is 0 Å².